The van der Waals surface area contributed by atoms with E-state index in [-0.39, 0.29) is 17.9 Å². The molecule has 2 N–H and O–H groups in total. The van der Waals surface area contributed by atoms with Crippen LogP contribution in [0.3, 0.4) is 0 Å². The third-order valence-corrected chi connectivity index (χ3v) is 16.7. The molecule has 0 unspecified atom stereocenters. The molecule has 0 aliphatic heterocycles. The molecule has 8 heterocycles. The molecule has 20 nitrogen and oxygen atoms in total. The van der Waals surface area contributed by atoms with Crippen molar-refractivity contribution in [2.75, 3.05) is 19.8 Å². The molecule has 0 bridgehead atoms. The van der Waals surface area contributed by atoms with E-state index in [0.717, 1.165) is 49.9 Å². The molecule has 0 aliphatic rings. The lowest BCUT2D eigenvalue weighted by Gasteiger charge is -2.16. The summed E-state index contributed by atoms with van der Waals surface area (Å²) in [6, 6.07) is 39.4. The molecule has 12 rings (SSSR count). The summed E-state index contributed by atoms with van der Waals surface area (Å²) >= 11 is 2.90. The van der Waals surface area contributed by atoms with Gasteiger partial charge in [0.1, 0.15) is 23.2 Å². The summed E-state index contributed by atoms with van der Waals surface area (Å²) in [5.41, 5.74) is 18.1. The van der Waals surface area contributed by atoms with Crippen LogP contribution in [0.15, 0.2) is 175 Å². The highest BCUT2D eigenvalue weighted by molar-refractivity contribution is 7.92. The number of thiophene rings is 2. The van der Waals surface area contributed by atoms with E-state index >= 15 is 0 Å². The summed E-state index contributed by atoms with van der Waals surface area (Å²) in [6.45, 7) is 12.9. The van der Waals surface area contributed by atoms with Gasteiger partial charge in [-0.15, -0.1) is 53.3 Å². The molecule has 84 heavy (non-hydrogen) atoms. The Hall–Kier alpha value is -10.3. The van der Waals surface area contributed by atoms with Crippen LogP contribution in [-0.2, 0) is 9.84 Å². The van der Waals surface area contributed by atoms with Crippen molar-refractivity contribution in [3.63, 3.8) is 0 Å². The summed E-state index contributed by atoms with van der Waals surface area (Å²) in [6.07, 6.45) is 5.11. The summed E-state index contributed by atoms with van der Waals surface area (Å²) in [4.78, 5) is 31.1. The number of hydrogen-bond donors (Lipinski definition) is 1. The Balaban J connectivity index is 0.000000239. The van der Waals surface area contributed by atoms with Crippen LogP contribution in [0.25, 0.3) is 107 Å². The van der Waals surface area contributed by atoms with Gasteiger partial charge in [0.15, 0.2) is 9.84 Å². The lowest BCUT2D eigenvalue weighted by molar-refractivity contribution is 0.581. The van der Waals surface area contributed by atoms with Gasteiger partial charge >= 0.3 is 0 Å². The fraction of sp³-hybridized carbons (Fsp3) is 0.131. The van der Waals surface area contributed by atoms with Gasteiger partial charge in [0.25, 0.3) is 29.5 Å². The summed E-state index contributed by atoms with van der Waals surface area (Å²) in [5, 5.41) is 36.9. The van der Waals surface area contributed by atoms with Gasteiger partial charge < -0.3 is 23.9 Å². The minimum Gasteiger partial charge on any atom is -0.415 e. The van der Waals surface area contributed by atoms with E-state index in [1.165, 1.54) is 11.3 Å². The Morgan fingerprint density at radius 3 is 1.54 bits per heavy atom. The van der Waals surface area contributed by atoms with Crippen molar-refractivity contribution in [2.24, 2.45) is 0 Å². The van der Waals surface area contributed by atoms with Crippen LogP contribution in [0.1, 0.15) is 49.2 Å². The van der Waals surface area contributed by atoms with Gasteiger partial charge in [0, 0.05) is 60.2 Å². The molecule has 428 valence electrons. The Labute approximate surface area is 498 Å². The number of benzene rings is 4. The normalized spacial score (nSPS) is 11.1. The third kappa shape index (κ3) is 12.8. The van der Waals surface area contributed by atoms with Crippen molar-refractivity contribution in [1.82, 2.24) is 65.4 Å². The zero-order valence-corrected chi connectivity index (χ0v) is 48.8. The first-order valence-electron chi connectivity index (χ1n) is 25.8. The van der Waals surface area contributed by atoms with Crippen LogP contribution in [0, 0.1) is 32.1 Å². The van der Waals surface area contributed by atoms with E-state index in [1.54, 1.807) is 98.5 Å². The van der Waals surface area contributed by atoms with Crippen LogP contribution in [-0.4, -0.2) is 93.2 Å². The lowest BCUT2D eigenvalue weighted by atomic mass is 10.1. The van der Waals surface area contributed by atoms with Gasteiger partial charge in [0.05, 0.1) is 78.2 Å². The average molecular weight is 1180 g/mol. The average Bonchev–Trinajstić information content (AvgIpc) is 2.28. The molecule has 4 aromatic carbocycles. The van der Waals surface area contributed by atoms with Crippen molar-refractivity contribution in [1.29, 1.82) is 5.26 Å². The first-order chi connectivity index (χ1) is 40.5. The number of nitrogens with zero attached hydrogens (tertiary/aromatic N) is 14. The predicted octanol–water partition coefficient (Wildman–Crippen LogP) is 14.0. The number of aromatic nitrogens is 12. The zero-order valence-electron chi connectivity index (χ0n) is 46.3. The van der Waals surface area contributed by atoms with Gasteiger partial charge in [0.2, 0.25) is 5.89 Å². The lowest BCUT2D eigenvalue weighted by Crippen LogP contribution is -2.13. The second-order valence-corrected chi connectivity index (χ2v) is 23.5. The van der Waals surface area contributed by atoms with Crippen LogP contribution >= 0.6 is 22.7 Å². The fourth-order valence-electron chi connectivity index (χ4n) is 8.01. The first kappa shape index (κ1) is 57.0. The third-order valence-electron chi connectivity index (χ3n) is 12.8. The molecule has 0 saturated carbocycles. The van der Waals surface area contributed by atoms with E-state index in [2.05, 4.69) is 68.2 Å². The maximum absolute atomic E-state index is 12.3. The number of aryl methyl sites for hydroxylation is 3. The standard InChI is InChI=1S/C23H22N6O.C21H17N5O3S2.C17H12N4OS.5H2/c1-14-21(23-28-27-22(30-23)18-6-5-7-19(24)12-18)26-20(13-25-14)17-10-8-16(9-11-17)15(2)29(3)4;1-12(2)31(27,28)16-6-4-15(5-7-16)17-10-23-13(3)19(24-17)21-26-25-20(29-21)18-8-14(9-22)11-30-18;1-11-15(17-21-20-16(22-17)14-8-5-9-23-14)19-13(10-18-11)12-6-3-2-4-7-12;;;;;/h5-13H,2,24H2,1,3-4H3;4-8,10-12H,1-3H3;2-10H,1H3;5*1H. The highest BCUT2D eigenvalue weighted by Gasteiger charge is 2.22. The van der Waals surface area contributed by atoms with Gasteiger partial charge in [-0.2, -0.15) is 5.26 Å². The Bertz CT molecular complexity index is 4460. The maximum atomic E-state index is 12.3. The van der Waals surface area contributed by atoms with Crippen molar-refractivity contribution >= 4 is 43.9 Å². The van der Waals surface area contributed by atoms with E-state index < -0.39 is 15.1 Å². The molecular weight excluding hydrogens is 1120 g/mol. The number of hydrogen-bond acceptors (Lipinski definition) is 22. The predicted molar refractivity (Wildman–Crippen MR) is 333 cm³/mol. The quantitative estimate of drug-likeness (QED) is 0.105. The van der Waals surface area contributed by atoms with Crippen LogP contribution < -0.4 is 5.73 Å². The molecule has 0 fully saturated rings. The Morgan fingerprint density at radius 1 is 0.583 bits per heavy atom. The highest BCUT2D eigenvalue weighted by atomic mass is 32.2. The van der Waals surface area contributed by atoms with Crippen molar-refractivity contribution in [3.8, 4) is 108 Å². The Kier molecular flexibility index (Phi) is 16.8. The van der Waals surface area contributed by atoms with Gasteiger partial charge in [-0.1, -0.05) is 85.4 Å². The van der Waals surface area contributed by atoms with Crippen LogP contribution in [0.5, 0.6) is 0 Å². The smallest absolute Gasteiger partial charge is 0.268 e. The number of anilines is 1. The monoisotopic (exact) mass is 1180 g/mol. The molecule has 0 aliphatic carbocycles. The second-order valence-electron chi connectivity index (χ2n) is 19.1. The zero-order chi connectivity index (χ0) is 59.1. The molecule has 23 heteroatoms. The number of sulfone groups is 1. The SMILES string of the molecule is C=C(c1ccc(-c2cnc(C)c(-c3nnc(-c4cccc(N)c4)o3)n2)cc1)N(C)C.Cc1ncc(-c2ccc(S(=O)(=O)C(C)C)cc2)nc1-c1nnc(-c2cc(C#N)cs2)o1.Cc1ncc(-c2ccccc2)nc1-c1nnc(-c2cccs2)o1.[HH].[HH].[HH].[HH].[HH]. The largest absolute Gasteiger partial charge is 0.415 e. The van der Waals surface area contributed by atoms with Gasteiger partial charge in [-0.3, -0.25) is 15.0 Å². The molecule has 0 spiro atoms. The molecule has 0 saturated heterocycles. The van der Waals surface area contributed by atoms with Crippen LogP contribution in [0.4, 0.5) is 5.69 Å². The van der Waals surface area contributed by atoms with E-state index in [1.807, 2.05) is 117 Å². The fourth-order valence-corrected chi connectivity index (χ4v) is 10.5. The number of nitrogens with two attached hydrogens (primary N) is 1. The minimum absolute atomic E-state index is 0. The molecule has 12 aromatic rings. The maximum Gasteiger partial charge on any atom is 0.268 e. The van der Waals surface area contributed by atoms with Crippen molar-refractivity contribution in [2.45, 2.75) is 44.8 Å². The second kappa shape index (κ2) is 24.8. The van der Waals surface area contributed by atoms with Gasteiger partial charge in [-0.25, -0.2) is 23.4 Å². The highest BCUT2D eigenvalue weighted by Crippen LogP contribution is 2.33. The van der Waals surface area contributed by atoms with Crippen molar-refractivity contribution < 1.29 is 28.8 Å². The number of nitriles is 1. The Morgan fingerprint density at radius 2 is 1.06 bits per heavy atom. The minimum atomic E-state index is -3.35. The van der Waals surface area contributed by atoms with Crippen LogP contribution in [0.2, 0.25) is 0 Å². The van der Waals surface area contributed by atoms with E-state index in [0.29, 0.717) is 85.3 Å². The molecular formula is C61H61N15O5S3. The van der Waals surface area contributed by atoms with E-state index in [4.69, 9.17) is 29.2 Å². The summed E-state index contributed by atoms with van der Waals surface area (Å²) in [7, 11) is 0.591. The number of nitrogen functional groups attached to an aromatic ring is 1. The summed E-state index contributed by atoms with van der Waals surface area (Å²) < 4.78 is 42.1. The first-order valence-corrected chi connectivity index (χ1v) is 29.1. The van der Waals surface area contributed by atoms with Crippen molar-refractivity contribution in [3.05, 3.63) is 185 Å². The molecule has 0 atom stereocenters. The molecule has 8 aromatic heterocycles. The molecule has 0 radical (unpaired) electrons. The molecule has 0 amide bonds. The number of rotatable bonds is 13. The van der Waals surface area contributed by atoms with E-state index in [9.17, 15) is 8.42 Å². The topological polar surface area (TPSA) is 281 Å². The summed E-state index contributed by atoms with van der Waals surface area (Å²) in [5.74, 6) is 2.11. The van der Waals surface area contributed by atoms with Gasteiger partial charge in [-0.05, 0) is 88.0 Å².